The molecular weight excluding hydrogens is 478 g/mol. The van der Waals surface area contributed by atoms with E-state index in [0.29, 0.717) is 29.9 Å². The summed E-state index contributed by atoms with van der Waals surface area (Å²) in [6.45, 7) is 2.90. The molecule has 3 heterocycles. The summed E-state index contributed by atoms with van der Waals surface area (Å²) in [5.41, 5.74) is 1.70. The summed E-state index contributed by atoms with van der Waals surface area (Å²) < 4.78 is 10.6. The van der Waals surface area contributed by atoms with Crippen LogP contribution in [0.15, 0.2) is 52.6 Å². The number of methoxy groups -OCH3 is 1. The molecule has 1 fully saturated rings. The molecule has 2 N–H and O–H groups in total. The number of pyridine rings is 1. The number of aliphatic carboxylic acids is 1. The second-order valence-electron chi connectivity index (χ2n) is 9.42. The molecule has 0 aliphatic carbocycles. The van der Waals surface area contributed by atoms with Crippen molar-refractivity contribution < 1.29 is 24.2 Å². The molecule has 4 rings (SSSR count). The van der Waals surface area contributed by atoms with Crippen LogP contribution >= 0.6 is 11.8 Å². The molecule has 9 heteroatoms. The Morgan fingerprint density at radius 1 is 1.25 bits per heavy atom. The summed E-state index contributed by atoms with van der Waals surface area (Å²) in [6, 6.07) is 7.59. The molecule has 1 aliphatic heterocycles. The maximum absolute atomic E-state index is 11.3. The first-order valence-corrected chi connectivity index (χ1v) is 13.6. The molecule has 0 spiro atoms. The Kier molecular flexibility index (Phi) is 9.60. The van der Waals surface area contributed by atoms with E-state index in [1.807, 2.05) is 24.3 Å². The van der Waals surface area contributed by atoms with Gasteiger partial charge in [0.05, 0.1) is 24.9 Å². The summed E-state index contributed by atoms with van der Waals surface area (Å²) in [5.74, 6) is 1.65. The van der Waals surface area contributed by atoms with Crippen LogP contribution in [-0.4, -0.2) is 63.5 Å². The van der Waals surface area contributed by atoms with Gasteiger partial charge in [-0.2, -0.15) is 0 Å². The number of hydrogen-bond donors (Lipinski definition) is 2. The van der Waals surface area contributed by atoms with Gasteiger partial charge in [0.25, 0.3) is 5.22 Å². The highest BCUT2D eigenvalue weighted by Gasteiger charge is 2.30. The molecule has 3 atom stereocenters. The first kappa shape index (κ1) is 26.4. The third kappa shape index (κ3) is 7.21. The molecule has 1 aromatic carbocycles. The van der Waals surface area contributed by atoms with Crippen LogP contribution in [0.2, 0.25) is 0 Å². The fourth-order valence-corrected chi connectivity index (χ4v) is 5.90. The molecule has 1 saturated heterocycles. The maximum Gasteiger partial charge on any atom is 0.303 e. The molecular formula is C27H35N3O5S. The monoisotopic (exact) mass is 513 g/mol. The highest BCUT2D eigenvalue weighted by molar-refractivity contribution is 7.99. The molecule has 3 aromatic rings. The van der Waals surface area contributed by atoms with Gasteiger partial charge in [0.1, 0.15) is 12.0 Å². The number of ether oxygens (including phenoxy) is 1. The Morgan fingerprint density at radius 3 is 2.92 bits per heavy atom. The van der Waals surface area contributed by atoms with Gasteiger partial charge in [-0.1, -0.05) is 11.8 Å². The first-order chi connectivity index (χ1) is 17.5. The van der Waals surface area contributed by atoms with E-state index in [4.69, 9.17) is 9.15 Å². The second kappa shape index (κ2) is 13.1. The number of carbonyl (C=O) groups is 1. The molecule has 194 valence electrons. The fraction of sp³-hybridized carbons (Fsp3) is 0.519. The number of carboxylic acid groups (broad SMARTS) is 1. The van der Waals surface area contributed by atoms with Crippen LogP contribution < -0.4 is 4.74 Å². The largest absolute Gasteiger partial charge is 0.497 e. The van der Waals surface area contributed by atoms with Crippen molar-refractivity contribution >= 4 is 28.6 Å². The van der Waals surface area contributed by atoms with E-state index in [0.717, 1.165) is 66.9 Å². The van der Waals surface area contributed by atoms with Crippen molar-refractivity contribution in [2.24, 2.45) is 11.8 Å². The number of hydrogen-bond acceptors (Lipinski definition) is 8. The first-order valence-electron chi connectivity index (χ1n) is 12.6. The topological polar surface area (TPSA) is 109 Å². The average Bonchev–Trinajstić information content (AvgIpc) is 3.42. The van der Waals surface area contributed by atoms with E-state index in [1.165, 1.54) is 0 Å². The number of thioether (sulfide) groups is 1. The van der Waals surface area contributed by atoms with Crippen molar-refractivity contribution in [3.63, 3.8) is 0 Å². The van der Waals surface area contributed by atoms with Gasteiger partial charge >= 0.3 is 5.97 Å². The van der Waals surface area contributed by atoms with E-state index in [-0.39, 0.29) is 6.42 Å². The lowest BCUT2D eigenvalue weighted by atomic mass is 9.79. The molecule has 36 heavy (non-hydrogen) atoms. The van der Waals surface area contributed by atoms with E-state index in [9.17, 15) is 15.0 Å². The predicted octanol–water partition coefficient (Wildman–Crippen LogP) is 5.03. The summed E-state index contributed by atoms with van der Waals surface area (Å²) >= 11 is 1.62. The minimum Gasteiger partial charge on any atom is -0.497 e. The third-order valence-electron chi connectivity index (χ3n) is 7.11. The number of fused-ring (bicyclic) bond motifs is 1. The van der Waals surface area contributed by atoms with Crippen LogP contribution in [0.5, 0.6) is 5.75 Å². The second-order valence-corrected chi connectivity index (χ2v) is 10.5. The van der Waals surface area contributed by atoms with Gasteiger partial charge in [0.2, 0.25) is 0 Å². The van der Waals surface area contributed by atoms with Gasteiger partial charge < -0.3 is 24.3 Å². The molecule has 0 amide bonds. The zero-order chi connectivity index (χ0) is 25.3. The molecule has 0 radical (unpaired) electrons. The smallest absolute Gasteiger partial charge is 0.303 e. The number of aromatic nitrogens is 2. The van der Waals surface area contributed by atoms with Crippen LogP contribution in [0.3, 0.4) is 0 Å². The Balaban J connectivity index is 1.33. The zero-order valence-corrected chi connectivity index (χ0v) is 21.5. The molecule has 0 bridgehead atoms. The lowest BCUT2D eigenvalue weighted by Crippen LogP contribution is -2.41. The van der Waals surface area contributed by atoms with Gasteiger partial charge in [0.15, 0.2) is 0 Å². The van der Waals surface area contributed by atoms with Gasteiger partial charge in [-0.25, -0.2) is 4.98 Å². The molecule has 0 unspecified atom stereocenters. The minimum absolute atomic E-state index is 0.187. The van der Waals surface area contributed by atoms with Crippen LogP contribution in [0.4, 0.5) is 0 Å². The normalized spacial score (nSPS) is 19.4. The van der Waals surface area contributed by atoms with Crippen molar-refractivity contribution in [1.29, 1.82) is 0 Å². The summed E-state index contributed by atoms with van der Waals surface area (Å²) in [4.78, 5) is 22.3. The molecule has 2 aromatic heterocycles. The highest BCUT2D eigenvalue weighted by atomic mass is 32.2. The standard InChI is InChI=1S/C27H35N3O5S/c1-34-21-5-6-24-23(17-21)22(9-11-28-24)25(31)7-3-19-10-14-30(18-20(19)4-8-26(32)33)13-2-16-36-27-29-12-15-35-27/h5-6,9,11-12,15,17,19-20,25,31H,2-4,7-8,10,13-14,16,18H2,1H3,(H,32,33)/t19-,20-,25-/m1/s1. The van der Waals surface area contributed by atoms with Crippen LogP contribution in [0.1, 0.15) is 50.2 Å². The maximum atomic E-state index is 11.3. The number of rotatable bonds is 13. The van der Waals surface area contributed by atoms with Gasteiger partial charge in [-0.3, -0.25) is 9.78 Å². The molecule has 1 aliphatic rings. The van der Waals surface area contributed by atoms with E-state index >= 15 is 0 Å². The number of carboxylic acids is 1. The van der Waals surface area contributed by atoms with Crippen LogP contribution in [0, 0.1) is 11.8 Å². The van der Waals surface area contributed by atoms with Gasteiger partial charge in [0, 0.05) is 30.3 Å². The van der Waals surface area contributed by atoms with Crippen molar-refractivity contribution in [2.75, 3.05) is 32.5 Å². The van der Waals surface area contributed by atoms with Crippen molar-refractivity contribution in [3.8, 4) is 5.75 Å². The summed E-state index contributed by atoms with van der Waals surface area (Å²) in [6.07, 6.45) is 8.80. The SMILES string of the molecule is COc1ccc2nccc([C@H](O)CC[C@@H]3CCN(CCCSc4ncco4)C[C@H]3CCC(=O)O)c2c1. The van der Waals surface area contributed by atoms with Gasteiger partial charge in [-0.05, 0) is 86.9 Å². The fourth-order valence-electron chi connectivity index (χ4n) is 5.20. The number of aliphatic hydroxyl groups excluding tert-OH is 1. The van der Waals surface area contributed by atoms with E-state index in [2.05, 4.69) is 14.9 Å². The van der Waals surface area contributed by atoms with Gasteiger partial charge in [-0.15, -0.1) is 0 Å². The van der Waals surface area contributed by atoms with E-state index in [1.54, 1.807) is 37.5 Å². The quantitative estimate of drug-likeness (QED) is 0.240. The summed E-state index contributed by atoms with van der Waals surface area (Å²) in [5, 5.41) is 22.0. The number of piperidine rings is 1. The zero-order valence-electron chi connectivity index (χ0n) is 20.7. The number of aliphatic hydroxyl groups is 1. The molecule has 0 saturated carbocycles. The number of likely N-dealkylation sites (tertiary alicyclic amines) is 1. The lowest BCUT2D eigenvalue weighted by molar-refractivity contribution is -0.137. The lowest BCUT2D eigenvalue weighted by Gasteiger charge is -2.39. The Hall–Kier alpha value is -2.62. The van der Waals surface area contributed by atoms with Crippen molar-refractivity contribution in [1.82, 2.24) is 14.9 Å². The Bertz CT molecular complexity index is 1110. The Labute approximate surface area is 216 Å². The van der Waals surface area contributed by atoms with E-state index < -0.39 is 12.1 Å². The predicted molar refractivity (Wildman–Crippen MR) is 139 cm³/mol. The Morgan fingerprint density at radius 2 is 2.14 bits per heavy atom. The average molecular weight is 514 g/mol. The number of oxazole rings is 1. The van der Waals surface area contributed by atoms with Crippen LogP contribution in [0.25, 0.3) is 10.9 Å². The van der Waals surface area contributed by atoms with Crippen LogP contribution in [-0.2, 0) is 4.79 Å². The highest BCUT2D eigenvalue weighted by Crippen LogP contribution is 2.35. The van der Waals surface area contributed by atoms with Crippen molar-refractivity contribution in [2.45, 2.75) is 49.9 Å². The summed E-state index contributed by atoms with van der Waals surface area (Å²) in [7, 11) is 1.63. The van der Waals surface area contributed by atoms with Crippen molar-refractivity contribution in [3.05, 3.63) is 48.5 Å². The third-order valence-corrected chi connectivity index (χ3v) is 8.05. The minimum atomic E-state index is -0.745. The number of benzene rings is 1. The molecule has 8 nitrogen and oxygen atoms in total. The number of nitrogens with zero attached hydrogens (tertiary/aromatic N) is 3.